The Bertz CT molecular complexity index is 886. The summed E-state index contributed by atoms with van der Waals surface area (Å²) in [6.45, 7) is 2.93. The molecule has 1 fully saturated rings. The van der Waals surface area contributed by atoms with Crippen molar-refractivity contribution >= 4 is 10.9 Å². The third-order valence-corrected chi connectivity index (χ3v) is 6.01. The predicted octanol–water partition coefficient (Wildman–Crippen LogP) is 4.48. The summed E-state index contributed by atoms with van der Waals surface area (Å²) in [4.78, 5) is 2.44. The summed E-state index contributed by atoms with van der Waals surface area (Å²) in [7, 11) is 2.13. The fraction of sp³-hybridized carbons (Fsp3) is 0.417. The van der Waals surface area contributed by atoms with Crippen molar-refractivity contribution in [3.05, 3.63) is 71.9 Å². The summed E-state index contributed by atoms with van der Waals surface area (Å²) in [5.74, 6) is 0. The molecule has 27 heavy (non-hydrogen) atoms. The Morgan fingerprint density at radius 3 is 2.63 bits per heavy atom. The summed E-state index contributed by atoms with van der Waals surface area (Å²) in [5.41, 5.74) is 3.14. The van der Waals surface area contributed by atoms with Gasteiger partial charge in [-0.3, -0.25) is 0 Å². The molecule has 0 saturated carbocycles. The van der Waals surface area contributed by atoms with Crippen molar-refractivity contribution < 1.29 is 5.11 Å². The second-order valence-corrected chi connectivity index (χ2v) is 8.02. The first-order valence-electron chi connectivity index (χ1n) is 10.2. The Kier molecular flexibility index (Phi) is 5.33. The summed E-state index contributed by atoms with van der Waals surface area (Å²) in [6, 6.07) is 18.8. The molecule has 3 nitrogen and oxygen atoms in total. The maximum absolute atomic E-state index is 11.1. The monoisotopic (exact) mass is 362 g/mol. The van der Waals surface area contributed by atoms with Gasteiger partial charge in [0.05, 0.1) is 0 Å². The third kappa shape index (κ3) is 3.95. The SMILES string of the molecule is Cn1cc(CCCCN2CCCC(O)(c3ccccc3)C2)c2ccccc21. The number of piperidine rings is 1. The fourth-order valence-corrected chi connectivity index (χ4v) is 4.57. The smallest absolute Gasteiger partial charge is 0.102 e. The summed E-state index contributed by atoms with van der Waals surface area (Å²) >= 11 is 0. The summed E-state index contributed by atoms with van der Waals surface area (Å²) in [5, 5.41) is 12.5. The first-order chi connectivity index (χ1) is 13.2. The highest BCUT2D eigenvalue weighted by atomic mass is 16.3. The number of hydrogen-bond acceptors (Lipinski definition) is 2. The fourth-order valence-electron chi connectivity index (χ4n) is 4.57. The molecule has 0 spiro atoms. The van der Waals surface area contributed by atoms with E-state index >= 15 is 0 Å². The van der Waals surface area contributed by atoms with Gasteiger partial charge in [0.25, 0.3) is 0 Å². The first-order valence-corrected chi connectivity index (χ1v) is 10.2. The normalized spacial score (nSPS) is 21.0. The Balaban J connectivity index is 1.31. The van der Waals surface area contributed by atoms with Crippen LogP contribution in [-0.2, 0) is 19.1 Å². The van der Waals surface area contributed by atoms with Crippen molar-refractivity contribution in [3.63, 3.8) is 0 Å². The van der Waals surface area contributed by atoms with E-state index < -0.39 is 5.60 Å². The number of nitrogens with zero attached hydrogens (tertiary/aromatic N) is 2. The molecular formula is C24H30N2O. The van der Waals surface area contributed by atoms with Gasteiger partial charge in [-0.05, 0) is 62.4 Å². The number of para-hydroxylation sites is 1. The molecule has 1 aromatic heterocycles. The number of unbranched alkanes of at least 4 members (excludes halogenated alkanes) is 1. The number of aromatic nitrogens is 1. The quantitative estimate of drug-likeness (QED) is 0.655. The number of rotatable bonds is 6. The van der Waals surface area contributed by atoms with Gasteiger partial charge in [-0.15, -0.1) is 0 Å². The molecule has 2 aromatic carbocycles. The number of hydrogen-bond donors (Lipinski definition) is 1. The van der Waals surface area contributed by atoms with E-state index in [1.807, 2.05) is 18.2 Å². The van der Waals surface area contributed by atoms with Gasteiger partial charge < -0.3 is 14.6 Å². The largest absolute Gasteiger partial charge is 0.384 e. The molecule has 0 radical (unpaired) electrons. The molecule has 1 N–H and O–H groups in total. The Morgan fingerprint density at radius 1 is 1.00 bits per heavy atom. The van der Waals surface area contributed by atoms with E-state index in [4.69, 9.17) is 0 Å². The molecule has 1 unspecified atom stereocenters. The molecule has 0 bridgehead atoms. The van der Waals surface area contributed by atoms with Crippen molar-refractivity contribution in [2.45, 2.75) is 37.7 Å². The topological polar surface area (TPSA) is 28.4 Å². The molecule has 142 valence electrons. The van der Waals surface area contributed by atoms with E-state index in [1.165, 1.54) is 29.3 Å². The van der Waals surface area contributed by atoms with Crippen molar-refractivity contribution in [3.8, 4) is 0 Å². The molecular weight excluding hydrogens is 332 g/mol. The Labute approximate surface area is 162 Å². The van der Waals surface area contributed by atoms with Crippen LogP contribution in [0.25, 0.3) is 10.9 Å². The van der Waals surface area contributed by atoms with Crippen molar-refractivity contribution in [2.75, 3.05) is 19.6 Å². The van der Waals surface area contributed by atoms with Gasteiger partial charge in [-0.1, -0.05) is 48.5 Å². The van der Waals surface area contributed by atoms with Crippen molar-refractivity contribution in [1.29, 1.82) is 0 Å². The zero-order chi connectivity index (χ0) is 18.7. The molecule has 4 rings (SSSR count). The van der Waals surface area contributed by atoms with Crippen LogP contribution in [0.3, 0.4) is 0 Å². The molecule has 1 aliphatic rings. The third-order valence-electron chi connectivity index (χ3n) is 6.01. The minimum atomic E-state index is -0.685. The maximum atomic E-state index is 11.1. The molecule has 3 heteroatoms. The van der Waals surface area contributed by atoms with Gasteiger partial charge in [0.1, 0.15) is 5.60 Å². The number of fused-ring (bicyclic) bond motifs is 1. The Hall–Kier alpha value is -2.10. The van der Waals surface area contributed by atoms with Gasteiger partial charge in [0.15, 0.2) is 0 Å². The second-order valence-electron chi connectivity index (χ2n) is 8.02. The number of β-amino-alcohol motifs (C(OH)–C–C–N with tert-alkyl or cyclic N) is 1. The van der Waals surface area contributed by atoms with Crippen molar-refractivity contribution in [1.82, 2.24) is 9.47 Å². The number of aryl methyl sites for hydroxylation is 2. The van der Waals surface area contributed by atoms with Crippen LogP contribution in [-0.4, -0.2) is 34.2 Å². The molecule has 3 aromatic rings. The van der Waals surface area contributed by atoms with E-state index in [0.717, 1.165) is 44.5 Å². The van der Waals surface area contributed by atoms with Gasteiger partial charge >= 0.3 is 0 Å². The molecule has 0 amide bonds. The first kappa shape index (κ1) is 18.3. The van der Waals surface area contributed by atoms with Crippen LogP contribution in [0.4, 0.5) is 0 Å². The molecule has 1 aliphatic heterocycles. The van der Waals surface area contributed by atoms with Crippen LogP contribution in [0.1, 0.15) is 36.8 Å². The molecule has 0 aliphatic carbocycles. The van der Waals surface area contributed by atoms with Crippen LogP contribution in [0.5, 0.6) is 0 Å². The van der Waals surface area contributed by atoms with Gasteiger partial charge in [-0.25, -0.2) is 0 Å². The second kappa shape index (κ2) is 7.87. The van der Waals surface area contributed by atoms with Gasteiger partial charge in [0.2, 0.25) is 0 Å². The molecule has 2 heterocycles. The molecule has 1 atom stereocenters. The van der Waals surface area contributed by atoms with E-state index in [0.29, 0.717) is 0 Å². The summed E-state index contributed by atoms with van der Waals surface area (Å²) < 4.78 is 2.23. The maximum Gasteiger partial charge on any atom is 0.102 e. The van der Waals surface area contributed by atoms with Gasteiger partial charge in [-0.2, -0.15) is 0 Å². The van der Waals surface area contributed by atoms with Crippen LogP contribution in [0, 0.1) is 0 Å². The Morgan fingerprint density at radius 2 is 1.78 bits per heavy atom. The van der Waals surface area contributed by atoms with E-state index in [2.05, 4.69) is 59.1 Å². The zero-order valence-corrected chi connectivity index (χ0v) is 16.3. The van der Waals surface area contributed by atoms with Crippen LogP contribution >= 0.6 is 0 Å². The lowest BCUT2D eigenvalue weighted by atomic mass is 9.85. The highest BCUT2D eigenvalue weighted by Gasteiger charge is 2.34. The van der Waals surface area contributed by atoms with E-state index in [1.54, 1.807) is 0 Å². The highest BCUT2D eigenvalue weighted by Crippen LogP contribution is 2.31. The predicted molar refractivity (Wildman–Crippen MR) is 112 cm³/mol. The van der Waals surface area contributed by atoms with Crippen molar-refractivity contribution in [2.24, 2.45) is 7.05 Å². The minimum Gasteiger partial charge on any atom is -0.384 e. The summed E-state index contributed by atoms with van der Waals surface area (Å²) in [6.07, 6.45) is 7.69. The number of benzene rings is 2. The van der Waals surface area contributed by atoms with Crippen LogP contribution in [0.2, 0.25) is 0 Å². The molecule has 1 saturated heterocycles. The standard InChI is InChI=1S/C24H30N2O/c1-25-18-20(22-13-5-6-14-23(22)25)10-7-8-16-26-17-9-15-24(27,19-26)21-11-3-2-4-12-21/h2-6,11-14,18,27H,7-10,15-17,19H2,1H3. The lowest BCUT2D eigenvalue weighted by Crippen LogP contribution is -2.46. The highest BCUT2D eigenvalue weighted by molar-refractivity contribution is 5.83. The zero-order valence-electron chi connectivity index (χ0n) is 16.3. The number of aliphatic hydroxyl groups is 1. The lowest BCUT2D eigenvalue weighted by molar-refractivity contribution is -0.0358. The lowest BCUT2D eigenvalue weighted by Gasteiger charge is -2.39. The minimum absolute atomic E-state index is 0.685. The van der Waals surface area contributed by atoms with Crippen LogP contribution in [0.15, 0.2) is 60.8 Å². The van der Waals surface area contributed by atoms with Crippen LogP contribution < -0.4 is 0 Å². The number of likely N-dealkylation sites (tertiary alicyclic amines) is 1. The van der Waals surface area contributed by atoms with E-state index in [-0.39, 0.29) is 0 Å². The van der Waals surface area contributed by atoms with Gasteiger partial charge in [0, 0.05) is 30.7 Å². The van der Waals surface area contributed by atoms with E-state index in [9.17, 15) is 5.11 Å². The average Bonchev–Trinajstić information content (AvgIpc) is 3.02. The average molecular weight is 363 g/mol.